The number of dihydropyridines is 1. The predicted octanol–water partition coefficient (Wildman–Crippen LogP) is -0.238. The Kier molecular flexibility index (Phi) is 1.75. The molecule has 3 nitrogen and oxygen atoms in total. The third-order valence-corrected chi connectivity index (χ3v) is 1.09. The van der Waals surface area contributed by atoms with Crippen LogP contribution < -0.4 is 0 Å². The number of carbonyl (C=O) groups is 1. The van der Waals surface area contributed by atoms with Gasteiger partial charge >= 0.3 is 0 Å². The van der Waals surface area contributed by atoms with Crippen molar-refractivity contribution in [2.24, 2.45) is 10.9 Å². The number of hydrogen-bond donors (Lipinski definition) is 1. The number of aliphatic hydroxyl groups is 1. The van der Waals surface area contributed by atoms with Gasteiger partial charge in [-0.25, -0.2) is 4.99 Å². The van der Waals surface area contributed by atoms with Crippen molar-refractivity contribution in [3.05, 3.63) is 12.2 Å². The quantitative estimate of drug-likeness (QED) is 0.526. The number of nitrogens with zero attached hydrogens (tertiary/aromatic N) is 1. The first-order valence-electron chi connectivity index (χ1n) is 2.70. The third kappa shape index (κ3) is 1.47. The van der Waals surface area contributed by atoms with Crippen molar-refractivity contribution in [2.45, 2.75) is 0 Å². The number of carbonyl (C=O) groups excluding carboxylic acids is 1. The molecule has 9 heavy (non-hydrogen) atoms. The van der Waals surface area contributed by atoms with E-state index >= 15 is 0 Å². The van der Waals surface area contributed by atoms with Gasteiger partial charge in [0.25, 0.3) is 5.91 Å². The van der Waals surface area contributed by atoms with Crippen molar-refractivity contribution < 1.29 is 9.90 Å². The molecule has 0 saturated heterocycles. The summed E-state index contributed by atoms with van der Waals surface area (Å²) in [6.45, 7) is 0.0211. The molecule has 48 valence electrons. The highest BCUT2D eigenvalue weighted by Gasteiger charge is 2.04. The molecule has 1 rings (SSSR count). The standard InChI is InChI=1S/C6H7NO2/c8-4-5-1-2-6(9)7-3-5/h1-3,5,8H,4H2. The maximum Gasteiger partial charge on any atom is 0.269 e. The fourth-order valence-electron chi connectivity index (χ4n) is 0.576. The summed E-state index contributed by atoms with van der Waals surface area (Å²) in [5, 5.41) is 8.52. The average molecular weight is 125 g/mol. The van der Waals surface area contributed by atoms with Gasteiger partial charge in [-0.05, 0) is 0 Å². The molecule has 1 atom stereocenters. The summed E-state index contributed by atoms with van der Waals surface area (Å²) < 4.78 is 0. The van der Waals surface area contributed by atoms with Crippen LogP contribution in [0.2, 0.25) is 0 Å². The highest BCUT2D eigenvalue weighted by Crippen LogP contribution is 1.99. The fraction of sp³-hybridized carbons (Fsp3) is 0.333. The smallest absolute Gasteiger partial charge is 0.269 e. The molecule has 1 heterocycles. The van der Waals surface area contributed by atoms with Crippen LogP contribution in [0.25, 0.3) is 0 Å². The Labute approximate surface area is 52.7 Å². The van der Waals surface area contributed by atoms with E-state index < -0.39 is 0 Å². The van der Waals surface area contributed by atoms with Crippen molar-refractivity contribution in [1.82, 2.24) is 0 Å². The molecule has 1 aliphatic heterocycles. The lowest BCUT2D eigenvalue weighted by Crippen LogP contribution is -2.09. The van der Waals surface area contributed by atoms with Crippen molar-refractivity contribution in [2.75, 3.05) is 6.61 Å². The maximum atomic E-state index is 10.4. The second-order valence-corrected chi connectivity index (χ2v) is 1.82. The van der Waals surface area contributed by atoms with E-state index in [9.17, 15) is 4.79 Å². The van der Waals surface area contributed by atoms with E-state index in [-0.39, 0.29) is 18.4 Å². The van der Waals surface area contributed by atoms with Crippen molar-refractivity contribution in [3.63, 3.8) is 0 Å². The predicted molar refractivity (Wildman–Crippen MR) is 33.2 cm³/mol. The molecule has 0 aromatic carbocycles. The molecule has 0 aliphatic carbocycles. The van der Waals surface area contributed by atoms with Gasteiger partial charge in [0.05, 0.1) is 6.61 Å². The molecule has 0 aromatic rings. The molecule has 0 fully saturated rings. The average Bonchev–Trinajstić information content (AvgIpc) is 1.90. The molecule has 0 bridgehead atoms. The first-order valence-corrected chi connectivity index (χ1v) is 2.70. The number of amides is 1. The molecule has 0 radical (unpaired) electrons. The Morgan fingerprint density at radius 1 is 1.78 bits per heavy atom. The number of rotatable bonds is 1. The zero-order chi connectivity index (χ0) is 6.69. The van der Waals surface area contributed by atoms with E-state index in [0.717, 1.165) is 0 Å². The normalized spacial score (nSPS) is 25.0. The first kappa shape index (κ1) is 6.16. The van der Waals surface area contributed by atoms with Gasteiger partial charge < -0.3 is 5.11 Å². The second-order valence-electron chi connectivity index (χ2n) is 1.82. The van der Waals surface area contributed by atoms with Gasteiger partial charge in [0.15, 0.2) is 0 Å². The van der Waals surface area contributed by atoms with Crippen molar-refractivity contribution in [3.8, 4) is 0 Å². The lowest BCUT2D eigenvalue weighted by molar-refractivity contribution is -0.113. The van der Waals surface area contributed by atoms with E-state index in [1.807, 2.05) is 0 Å². The summed E-state index contributed by atoms with van der Waals surface area (Å²) in [6, 6.07) is 0. The van der Waals surface area contributed by atoms with Crippen LogP contribution in [0.3, 0.4) is 0 Å². The Morgan fingerprint density at radius 2 is 2.56 bits per heavy atom. The topological polar surface area (TPSA) is 49.7 Å². The van der Waals surface area contributed by atoms with Gasteiger partial charge in [0.1, 0.15) is 0 Å². The SMILES string of the molecule is O=C1C=CC(CO)C=N1. The van der Waals surface area contributed by atoms with Crippen LogP contribution in [-0.2, 0) is 4.79 Å². The molecule has 0 spiro atoms. The summed E-state index contributed by atoms with van der Waals surface area (Å²) in [5.41, 5.74) is 0. The molecule has 1 unspecified atom stereocenters. The van der Waals surface area contributed by atoms with Crippen LogP contribution >= 0.6 is 0 Å². The largest absolute Gasteiger partial charge is 0.395 e. The Balaban J connectivity index is 2.58. The minimum Gasteiger partial charge on any atom is -0.395 e. The Bertz CT molecular complexity index is 156. The lowest BCUT2D eigenvalue weighted by Gasteiger charge is -2.02. The summed E-state index contributed by atoms with van der Waals surface area (Å²) in [5.74, 6) is -0.317. The van der Waals surface area contributed by atoms with Crippen LogP contribution in [0.5, 0.6) is 0 Å². The lowest BCUT2D eigenvalue weighted by atomic mass is 10.1. The van der Waals surface area contributed by atoms with E-state index in [0.29, 0.717) is 0 Å². The van der Waals surface area contributed by atoms with Gasteiger partial charge in [-0.3, -0.25) is 4.79 Å². The van der Waals surface area contributed by atoms with Crippen LogP contribution in [0.1, 0.15) is 0 Å². The zero-order valence-corrected chi connectivity index (χ0v) is 4.82. The zero-order valence-electron chi connectivity index (χ0n) is 4.82. The number of aliphatic imine (C=N–C) groups is 1. The van der Waals surface area contributed by atoms with E-state index in [1.165, 1.54) is 12.3 Å². The molecule has 1 N–H and O–H groups in total. The molecule has 3 heteroatoms. The number of hydrogen-bond acceptors (Lipinski definition) is 2. The Morgan fingerprint density at radius 3 is 3.00 bits per heavy atom. The van der Waals surface area contributed by atoms with Crippen LogP contribution in [0.4, 0.5) is 0 Å². The van der Waals surface area contributed by atoms with E-state index in [1.54, 1.807) is 6.08 Å². The Hall–Kier alpha value is -0.960. The molecule has 1 aliphatic rings. The molecule has 0 saturated carbocycles. The fourth-order valence-corrected chi connectivity index (χ4v) is 0.576. The monoisotopic (exact) mass is 125 g/mol. The van der Waals surface area contributed by atoms with Crippen molar-refractivity contribution in [1.29, 1.82) is 0 Å². The second kappa shape index (κ2) is 2.55. The summed E-state index contributed by atoms with van der Waals surface area (Å²) in [6.07, 6.45) is 4.44. The highest BCUT2D eigenvalue weighted by molar-refractivity contribution is 5.96. The maximum absolute atomic E-state index is 10.4. The highest BCUT2D eigenvalue weighted by atomic mass is 16.3. The van der Waals surface area contributed by atoms with Gasteiger partial charge in [0.2, 0.25) is 0 Å². The van der Waals surface area contributed by atoms with Gasteiger partial charge in [0, 0.05) is 18.2 Å². The summed E-state index contributed by atoms with van der Waals surface area (Å²) in [4.78, 5) is 13.8. The summed E-state index contributed by atoms with van der Waals surface area (Å²) in [7, 11) is 0. The first-order chi connectivity index (χ1) is 4.33. The minimum absolute atomic E-state index is 0.0211. The van der Waals surface area contributed by atoms with Gasteiger partial charge in [-0.2, -0.15) is 0 Å². The molecule has 1 amide bonds. The molecule has 0 aromatic heterocycles. The summed E-state index contributed by atoms with van der Waals surface area (Å²) >= 11 is 0. The van der Waals surface area contributed by atoms with E-state index in [4.69, 9.17) is 5.11 Å². The van der Waals surface area contributed by atoms with Crippen LogP contribution in [0.15, 0.2) is 17.1 Å². The van der Waals surface area contributed by atoms with E-state index in [2.05, 4.69) is 4.99 Å². The number of aliphatic hydroxyl groups excluding tert-OH is 1. The minimum atomic E-state index is -0.250. The third-order valence-electron chi connectivity index (χ3n) is 1.09. The van der Waals surface area contributed by atoms with Gasteiger partial charge in [-0.1, -0.05) is 6.08 Å². The van der Waals surface area contributed by atoms with Crippen LogP contribution in [0, 0.1) is 5.92 Å². The molecular formula is C6H7NO2. The van der Waals surface area contributed by atoms with Gasteiger partial charge in [-0.15, -0.1) is 0 Å². The molecular weight excluding hydrogens is 118 g/mol. The van der Waals surface area contributed by atoms with Crippen molar-refractivity contribution >= 4 is 12.1 Å². The van der Waals surface area contributed by atoms with Crippen LogP contribution in [-0.4, -0.2) is 23.8 Å².